The van der Waals surface area contributed by atoms with Gasteiger partial charge in [-0.1, -0.05) is 48.5 Å². The van der Waals surface area contributed by atoms with E-state index < -0.39 is 0 Å². The first kappa shape index (κ1) is 15.0. The van der Waals surface area contributed by atoms with Crippen LogP contribution in [-0.4, -0.2) is 35.5 Å². The molecule has 2 aromatic carbocycles. The number of esters is 1. The van der Waals surface area contributed by atoms with Gasteiger partial charge in [0.25, 0.3) is 0 Å². The molecule has 24 heavy (non-hydrogen) atoms. The second-order valence-corrected chi connectivity index (χ2v) is 6.03. The van der Waals surface area contributed by atoms with Gasteiger partial charge < -0.3 is 9.72 Å². The van der Waals surface area contributed by atoms with Crippen LogP contribution in [0.1, 0.15) is 34.6 Å². The standard InChI is InChI=1S/C20H20N2O2/c1-2-24-20(23)18-17(15-10-6-7-11-16(15)21-18)19(22-12-13-22)14-8-4-3-5-9-14/h3-11,19,21H,2,12-13H2,1H3. The maximum atomic E-state index is 12.5. The Morgan fingerprint density at radius 3 is 2.54 bits per heavy atom. The van der Waals surface area contributed by atoms with E-state index in [0.717, 1.165) is 29.6 Å². The Labute approximate surface area is 141 Å². The third kappa shape index (κ3) is 2.59. The molecule has 0 saturated carbocycles. The Morgan fingerprint density at radius 2 is 1.83 bits per heavy atom. The zero-order chi connectivity index (χ0) is 16.5. The first-order valence-corrected chi connectivity index (χ1v) is 8.36. The SMILES string of the molecule is CCOC(=O)c1[nH]c2ccccc2c1C(c1ccccc1)N1CC1. The number of H-pyrrole nitrogens is 1. The molecule has 1 aliphatic rings. The largest absolute Gasteiger partial charge is 0.461 e. The average Bonchev–Trinajstić information content (AvgIpc) is 3.37. The summed E-state index contributed by atoms with van der Waals surface area (Å²) in [5.74, 6) is -0.286. The summed E-state index contributed by atoms with van der Waals surface area (Å²) in [6.07, 6.45) is 0. The van der Waals surface area contributed by atoms with Gasteiger partial charge in [-0.2, -0.15) is 0 Å². The molecule has 4 nitrogen and oxygen atoms in total. The van der Waals surface area contributed by atoms with Crippen LogP contribution in [0.3, 0.4) is 0 Å². The minimum Gasteiger partial charge on any atom is -0.461 e. The highest BCUT2D eigenvalue weighted by Crippen LogP contribution is 2.39. The summed E-state index contributed by atoms with van der Waals surface area (Å²) in [6.45, 7) is 4.29. The molecule has 0 bridgehead atoms. The van der Waals surface area contributed by atoms with Gasteiger partial charge in [-0.3, -0.25) is 4.90 Å². The molecule has 4 heteroatoms. The number of hydrogen-bond acceptors (Lipinski definition) is 3. The number of fused-ring (bicyclic) bond motifs is 1. The van der Waals surface area contributed by atoms with Crippen molar-refractivity contribution in [3.05, 3.63) is 71.4 Å². The summed E-state index contributed by atoms with van der Waals surface area (Å²) >= 11 is 0. The third-order valence-electron chi connectivity index (χ3n) is 4.46. The lowest BCUT2D eigenvalue weighted by Gasteiger charge is -2.20. The fourth-order valence-electron chi connectivity index (χ4n) is 3.32. The van der Waals surface area contributed by atoms with Gasteiger partial charge in [0.2, 0.25) is 0 Å². The molecular weight excluding hydrogens is 300 g/mol. The minimum atomic E-state index is -0.286. The topological polar surface area (TPSA) is 45.1 Å². The van der Waals surface area contributed by atoms with Gasteiger partial charge in [0.15, 0.2) is 0 Å². The number of nitrogens with zero attached hydrogens (tertiary/aromatic N) is 1. The number of rotatable bonds is 5. The fraction of sp³-hybridized carbons (Fsp3) is 0.250. The lowest BCUT2D eigenvalue weighted by Crippen LogP contribution is -2.16. The molecule has 0 aliphatic carbocycles. The molecule has 3 aromatic rings. The number of para-hydroxylation sites is 1. The zero-order valence-corrected chi connectivity index (χ0v) is 13.7. The predicted molar refractivity (Wildman–Crippen MR) is 94.1 cm³/mol. The lowest BCUT2D eigenvalue weighted by atomic mass is 9.95. The van der Waals surface area contributed by atoms with Crippen molar-refractivity contribution in [2.75, 3.05) is 19.7 Å². The normalized spacial score (nSPS) is 15.4. The summed E-state index contributed by atoms with van der Waals surface area (Å²) in [7, 11) is 0. The number of aromatic nitrogens is 1. The van der Waals surface area contributed by atoms with Crippen LogP contribution in [0.5, 0.6) is 0 Å². The highest BCUT2D eigenvalue weighted by molar-refractivity contribution is 5.99. The van der Waals surface area contributed by atoms with E-state index in [4.69, 9.17) is 4.74 Å². The van der Waals surface area contributed by atoms with Gasteiger partial charge in [0.05, 0.1) is 12.6 Å². The molecule has 4 rings (SSSR count). The number of benzene rings is 2. The molecular formula is C20H20N2O2. The maximum Gasteiger partial charge on any atom is 0.355 e. The maximum absolute atomic E-state index is 12.5. The predicted octanol–water partition coefficient (Wildman–Crippen LogP) is 3.75. The zero-order valence-electron chi connectivity index (χ0n) is 13.7. The molecule has 1 aromatic heterocycles. The molecule has 1 saturated heterocycles. The molecule has 0 radical (unpaired) electrons. The van der Waals surface area contributed by atoms with Gasteiger partial charge >= 0.3 is 5.97 Å². The summed E-state index contributed by atoms with van der Waals surface area (Å²) in [5, 5.41) is 1.08. The van der Waals surface area contributed by atoms with E-state index in [2.05, 4.69) is 28.1 Å². The van der Waals surface area contributed by atoms with E-state index in [1.165, 1.54) is 5.56 Å². The Kier molecular flexibility index (Phi) is 3.82. The minimum absolute atomic E-state index is 0.0711. The lowest BCUT2D eigenvalue weighted by molar-refractivity contribution is 0.0518. The first-order valence-electron chi connectivity index (χ1n) is 8.36. The third-order valence-corrected chi connectivity index (χ3v) is 4.46. The average molecular weight is 320 g/mol. The number of carbonyl (C=O) groups excluding carboxylic acids is 1. The quantitative estimate of drug-likeness (QED) is 0.575. The van der Waals surface area contributed by atoms with Crippen LogP contribution in [-0.2, 0) is 4.74 Å². The van der Waals surface area contributed by atoms with Crippen molar-refractivity contribution in [2.45, 2.75) is 13.0 Å². The number of aromatic amines is 1. The van der Waals surface area contributed by atoms with E-state index in [1.807, 2.05) is 43.3 Å². The van der Waals surface area contributed by atoms with E-state index in [1.54, 1.807) is 0 Å². The van der Waals surface area contributed by atoms with Crippen LogP contribution in [0.2, 0.25) is 0 Å². The van der Waals surface area contributed by atoms with Crippen LogP contribution < -0.4 is 0 Å². The van der Waals surface area contributed by atoms with Crippen LogP contribution in [0.4, 0.5) is 0 Å². The molecule has 0 amide bonds. The Bertz CT molecular complexity index is 866. The number of hydrogen-bond donors (Lipinski definition) is 1. The molecule has 1 N–H and O–H groups in total. The van der Waals surface area contributed by atoms with E-state index in [-0.39, 0.29) is 12.0 Å². The van der Waals surface area contributed by atoms with Crippen LogP contribution in [0, 0.1) is 0 Å². The van der Waals surface area contributed by atoms with Crippen molar-refractivity contribution in [2.24, 2.45) is 0 Å². The summed E-state index contributed by atoms with van der Waals surface area (Å²) < 4.78 is 5.30. The van der Waals surface area contributed by atoms with Crippen molar-refractivity contribution in [1.82, 2.24) is 9.88 Å². The van der Waals surface area contributed by atoms with E-state index in [9.17, 15) is 4.79 Å². The highest BCUT2D eigenvalue weighted by atomic mass is 16.5. The first-order chi connectivity index (χ1) is 11.8. The van der Waals surface area contributed by atoms with Crippen molar-refractivity contribution < 1.29 is 9.53 Å². The van der Waals surface area contributed by atoms with Crippen LogP contribution >= 0.6 is 0 Å². The number of ether oxygens (including phenoxy) is 1. The monoisotopic (exact) mass is 320 g/mol. The fourth-order valence-corrected chi connectivity index (χ4v) is 3.32. The van der Waals surface area contributed by atoms with Crippen LogP contribution in [0.25, 0.3) is 10.9 Å². The van der Waals surface area contributed by atoms with Gasteiger partial charge in [0, 0.05) is 29.6 Å². The summed E-state index contributed by atoms with van der Waals surface area (Å²) in [5.41, 5.74) is 3.76. The van der Waals surface area contributed by atoms with Gasteiger partial charge in [-0.25, -0.2) is 4.79 Å². The Morgan fingerprint density at radius 1 is 1.12 bits per heavy atom. The van der Waals surface area contributed by atoms with Crippen molar-refractivity contribution in [1.29, 1.82) is 0 Å². The second-order valence-electron chi connectivity index (χ2n) is 6.03. The molecule has 2 heterocycles. The highest BCUT2D eigenvalue weighted by Gasteiger charge is 2.35. The van der Waals surface area contributed by atoms with E-state index in [0.29, 0.717) is 12.3 Å². The molecule has 1 aliphatic heterocycles. The smallest absolute Gasteiger partial charge is 0.355 e. The van der Waals surface area contributed by atoms with E-state index >= 15 is 0 Å². The summed E-state index contributed by atoms with van der Waals surface area (Å²) in [6, 6.07) is 18.5. The van der Waals surface area contributed by atoms with Crippen molar-refractivity contribution in [3.63, 3.8) is 0 Å². The van der Waals surface area contributed by atoms with Crippen molar-refractivity contribution in [3.8, 4) is 0 Å². The number of nitrogens with one attached hydrogen (secondary N) is 1. The van der Waals surface area contributed by atoms with Crippen molar-refractivity contribution >= 4 is 16.9 Å². The van der Waals surface area contributed by atoms with Gasteiger partial charge in [-0.05, 0) is 18.6 Å². The molecule has 1 fully saturated rings. The Hall–Kier alpha value is -2.59. The molecule has 0 spiro atoms. The molecule has 1 atom stereocenters. The Balaban J connectivity index is 1.92. The second kappa shape index (κ2) is 6.13. The molecule has 122 valence electrons. The van der Waals surface area contributed by atoms with Gasteiger partial charge in [-0.15, -0.1) is 0 Å². The summed E-state index contributed by atoms with van der Waals surface area (Å²) in [4.78, 5) is 18.2. The molecule has 1 unspecified atom stereocenters. The van der Waals surface area contributed by atoms with Crippen LogP contribution in [0.15, 0.2) is 54.6 Å². The van der Waals surface area contributed by atoms with Gasteiger partial charge in [0.1, 0.15) is 5.69 Å². The number of carbonyl (C=O) groups is 1.